The monoisotopic (exact) mass is 284 g/mol. The Bertz CT molecular complexity index is 384. The second-order valence-electron chi connectivity index (χ2n) is 5.34. The van der Waals surface area contributed by atoms with Gasteiger partial charge in [0, 0.05) is 32.2 Å². The standard InChI is InChI=1S/C15H24N2O.ClH/c1-12(2)18-15-6-4-5-14(9-15)11-17-8-7-16-10-13(17)3;/h4-6,9,12-13,16H,7-8,10-11H2,1-3H3;1H/t13-;/m0./s1. The molecule has 0 aromatic heterocycles. The van der Waals surface area contributed by atoms with E-state index in [1.165, 1.54) is 5.56 Å². The largest absolute Gasteiger partial charge is 0.491 e. The van der Waals surface area contributed by atoms with Gasteiger partial charge in [0.05, 0.1) is 6.10 Å². The van der Waals surface area contributed by atoms with Crippen LogP contribution in [-0.2, 0) is 6.54 Å². The van der Waals surface area contributed by atoms with Gasteiger partial charge < -0.3 is 10.1 Å². The maximum absolute atomic E-state index is 5.74. The topological polar surface area (TPSA) is 24.5 Å². The Morgan fingerprint density at radius 3 is 2.89 bits per heavy atom. The summed E-state index contributed by atoms with van der Waals surface area (Å²) in [7, 11) is 0. The smallest absolute Gasteiger partial charge is 0.120 e. The molecular weight excluding hydrogens is 260 g/mol. The summed E-state index contributed by atoms with van der Waals surface area (Å²) < 4.78 is 5.74. The minimum atomic E-state index is 0. The zero-order chi connectivity index (χ0) is 13.0. The number of hydrogen-bond donors (Lipinski definition) is 1. The van der Waals surface area contributed by atoms with Gasteiger partial charge >= 0.3 is 0 Å². The predicted octanol–water partition coefficient (Wildman–Crippen LogP) is 2.69. The van der Waals surface area contributed by atoms with Crippen LogP contribution in [0.5, 0.6) is 5.75 Å². The maximum Gasteiger partial charge on any atom is 0.120 e. The molecule has 1 saturated heterocycles. The molecule has 1 aliphatic heterocycles. The van der Waals surface area contributed by atoms with Gasteiger partial charge in [-0.1, -0.05) is 12.1 Å². The summed E-state index contributed by atoms with van der Waals surface area (Å²) in [6, 6.07) is 9.06. The molecule has 0 saturated carbocycles. The summed E-state index contributed by atoms with van der Waals surface area (Å²) in [6.07, 6.45) is 0.235. The highest BCUT2D eigenvalue weighted by Crippen LogP contribution is 2.17. The van der Waals surface area contributed by atoms with E-state index in [-0.39, 0.29) is 18.5 Å². The van der Waals surface area contributed by atoms with Crippen LogP contribution in [0, 0.1) is 0 Å². The summed E-state index contributed by atoms with van der Waals surface area (Å²) in [6.45, 7) is 10.7. The van der Waals surface area contributed by atoms with E-state index in [2.05, 4.69) is 49.2 Å². The van der Waals surface area contributed by atoms with E-state index in [1.54, 1.807) is 0 Å². The number of halogens is 1. The number of ether oxygens (including phenoxy) is 1. The average molecular weight is 285 g/mol. The first-order valence-electron chi connectivity index (χ1n) is 6.85. The van der Waals surface area contributed by atoms with Gasteiger partial charge in [-0.2, -0.15) is 0 Å². The van der Waals surface area contributed by atoms with E-state index in [9.17, 15) is 0 Å². The van der Waals surface area contributed by atoms with Crippen molar-refractivity contribution in [2.24, 2.45) is 0 Å². The molecule has 0 unspecified atom stereocenters. The van der Waals surface area contributed by atoms with Crippen LogP contribution >= 0.6 is 12.4 Å². The molecule has 1 aliphatic rings. The van der Waals surface area contributed by atoms with Crippen LogP contribution in [0.2, 0.25) is 0 Å². The third-order valence-corrected chi connectivity index (χ3v) is 3.29. The fraction of sp³-hybridized carbons (Fsp3) is 0.600. The van der Waals surface area contributed by atoms with Crippen LogP contribution < -0.4 is 10.1 Å². The summed E-state index contributed by atoms with van der Waals surface area (Å²) in [5.41, 5.74) is 1.34. The predicted molar refractivity (Wildman–Crippen MR) is 82.2 cm³/mol. The number of hydrogen-bond acceptors (Lipinski definition) is 3. The van der Waals surface area contributed by atoms with E-state index in [4.69, 9.17) is 4.74 Å². The Labute approximate surface area is 122 Å². The summed E-state index contributed by atoms with van der Waals surface area (Å²) in [5.74, 6) is 0.977. The molecule has 0 radical (unpaired) electrons. The van der Waals surface area contributed by atoms with Crippen LogP contribution in [0.25, 0.3) is 0 Å². The van der Waals surface area contributed by atoms with E-state index in [0.29, 0.717) is 6.04 Å². The molecule has 1 heterocycles. The molecule has 1 fully saturated rings. The molecule has 108 valence electrons. The average Bonchev–Trinajstić information content (AvgIpc) is 2.32. The van der Waals surface area contributed by atoms with E-state index < -0.39 is 0 Å². The number of rotatable bonds is 4. The van der Waals surface area contributed by atoms with Crippen LogP contribution in [0.15, 0.2) is 24.3 Å². The minimum absolute atomic E-state index is 0. The van der Waals surface area contributed by atoms with Crippen LogP contribution in [0.3, 0.4) is 0 Å². The Morgan fingerprint density at radius 2 is 2.21 bits per heavy atom. The third kappa shape index (κ3) is 5.01. The van der Waals surface area contributed by atoms with Gasteiger partial charge in [0.25, 0.3) is 0 Å². The zero-order valence-corrected chi connectivity index (χ0v) is 12.9. The van der Waals surface area contributed by atoms with Gasteiger partial charge in [-0.05, 0) is 38.5 Å². The molecule has 1 aromatic rings. The molecule has 0 amide bonds. The molecule has 3 nitrogen and oxygen atoms in total. The van der Waals surface area contributed by atoms with Crippen molar-refractivity contribution in [3.63, 3.8) is 0 Å². The van der Waals surface area contributed by atoms with Gasteiger partial charge in [-0.15, -0.1) is 12.4 Å². The highest BCUT2D eigenvalue weighted by molar-refractivity contribution is 5.85. The fourth-order valence-electron chi connectivity index (χ4n) is 2.34. The SMILES string of the molecule is CC(C)Oc1cccc(CN2CCNC[C@@H]2C)c1.Cl. The van der Waals surface area contributed by atoms with Crippen molar-refractivity contribution in [1.29, 1.82) is 0 Å². The van der Waals surface area contributed by atoms with Gasteiger partial charge in [0.1, 0.15) is 5.75 Å². The molecule has 1 N–H and O–H groups in total. The Kier molecular flexibility index (Phi) is 6.63. The number of nitrogens with zero attached hydrogens (tertiary/aromatic N) is 1. The molecule has 4 heteroatoms. The highest BCUT2D eigenvalue weighted by Gasteiger charge is 2.17. The van der Waals surface area contributed by atoms with Crippen LogP contribution in [0.4, 0.5) is 0 Å². The second kappa shape index (κ2) is 7.73. The van der Waals surface area contributed by atoms with E-state index in [0.717, 1.165) is 31.9 Å². The first-order chi connectivity index (χ1) is 8.65. The molecule has 0 aliphatic carbocycles. The first-order valence-corrected chi connectivity index (χ1v) is 6.85. The number of benzene rings is 1. The van der Waals surface area contributed by atoms with Crippen molar-refractivity contribution in [2.75, 3.05) is 19.6 Å². The second-order valence-corrected chi connectivity index (χ2v) is 5.34. The van der Waals surface area contributed by atoms with Crippen molar-refractivity contribution in [2.45, 2.75) is 39.5 Å². The number of piperazine rings is 1. The molecule has 2 rings (SSSR count). The van der Waals surface area contributed by atoms with Crippen molar-refractivity contribution in [3.8, 4) is 5.75 Å². The summed E-state index contributed by atoms with van der Waals surface area (Å²) in [4.78, 5) is 2.52. The first kappa shape index (κ1) is 16.3. The number of nitrogens with one attached hydrogen (secondary N) is 1. The van der Waals surface area contributed by atoms with Crippen molar-refractivity contribution in [3.05, 3.63) is 29.8 Å². The third-order valence-electron chi connectivity index (χ3n) is 3.29. The lowest BCUT2D eigenvalue weighted by atomic mass is 10.1. The van der Waals surface area contributed by atoms with Gasteiger partial charge in [0.2, 0.25) is 0 Å². The summed E-state index contributed by atoms with van der Waals surface area (Å²) >= 11 is 0. The fourth-order valence-corrected chi connectivity index (χ4v) is 2.34. The van der Waals surface area contributed by atoms with Gasteiger partial charge in [0.15, 0.2) is 0 Å². The lowest BCUT2D eigenvalue weighted by molar-refractivity contribution is 0.165. The maximum atomic E-state index is 5.74. The van der Waals surface area contributed by atoms with Crippen LogP contribution in [-0.4, -0.2) is 36.7 Å². The molecule has 19 heavy (non-hydrogen) atoms. The quantitative estimate of drug-likeness (QED) is 0.920. The van der Waals surface area contributed by atoms with Crippen molar-refractivity contribution < 1.29 is 4.74 Å². The van der Waals surface area contributed by atoms with Gasteiger partial charge in [-0.3, -0.25) is 4.90 Å². The van der Waals surface area contributed by atoms with Crippen molar-refractivity contribution in [1.82, 2.24) is 10.2 Å². The lowest BCUT2D eigenvalue weighted by Crippen LogP contribution is -2.49. The molecule has 1 atom stereocenters. The van der Waals surface area contributed by atoms with Gasteiger partial charge in [-0.25, -0.2) is 0 Å². The molecular formula is C15H25ClN2O. The molecule has 1 aromatic carbocycles. The minimum Gasteiger partial charge on any atom is -0.491 e. The van der Waals surface area contributed by atoms with E-state index >= 15 is 0 Å². The van der Waals surface area contributed by atoms with E-state index in [1.807, 2.05) is 6.07 Å². The van der Waals surface area contributed by atoms with Crippen molar-refractivity contribution >= 4 is 12.4 Å². The molecule has 0 bridgehead atoms. The Hall–Kier alpha value is -0.770. The lowest BCUT2D eigenvalue weighted by Gasteiger charge is -2.33. The summed E-state index contributed by atoms with van der Waals surface area (Å²) in [5, 5.41) is 3.42. The Balaban J connectivity index is 0.00000180. The molecule has 0 spiro atoms. The highest BCUT2D eigenvalue weighted by atomic mass is 35.5. The zero-order valence-electron chi connectivity index (χ0n) is 12.1. The normalized spacial score (nSPS) is 20.1. The Morgan fingerprint density at radius 1 is 1.42 bits per heavy atom. The van der Waals surface area contributed by atoms with Crippen LogP contribution in [0.1, 0.15) is 26.3 Å².